The van der Waals surface area contributed by atoms with Crippen LogP contribution in [0.15, 0.2) is 49.1 Å². The van der Waals surface area contributed by atoms with Crippen LogP contribution in [-0.4, -0.2) is 0 Å². The van der Waals surface area contributed by atoms with Gasteiger partial charge in [-0.3, -0.25) is 0 Å². The first-order chi connectivity index (χ1) is 6.38. The zero-order valence-electron chi connectivity index (χ0n) is 7.74. The summed E-state index contributed by atoms with van der Waals surface area (Å²) in [6.07, 6.45) is 6.96. The summed E-state index contributed by atoms with van der Waals surface area (Å²) < 4.78 is 0. The molecular weight excluding hydrogens is 156 g/mol. The van der Waals surface area contributed by atoms with E-state index < -0.39 is 0 Å². The van der Waals surface area contributed by atoms with Gasteiger partial charge in [-0.05, 0) is 24.0 Å². The number of hydrogen-bond donors (Lipinski definition) is 0. The van der Waals surface area contributed by atoms with Crippen molar-refractivity contribution in [2.45, 2.75) is 12.8 Å². The predicted octanol–water partition coefficient (Wildman–Crippen LogP) is 3.67. The van der Waals surface area contributed by atoms with Gasteiger partial charge in [0.15, 0.2) is 0 Å². The first kappa shape index (κ1) is 8.31. The molecule has 0 bridgehead atoms. The highest BCUT2D eigenvalue weighted by Gasteiger charge is 2.13. The zero-order chi connectivity index (χ0) is 9.10. The van der Waals surface area contributed by atoms with Crippen molar-refractivity contribution in [1.82, 2.24) is 0 Å². The molecule has 0 N–H and O–H groups in total. The molecule has 0 radical (unpaired) electrons. The van der Waals surface area contributed by atoms with Gasteiger partial charge in [0, 0.05) is 5.92 Å². The molecular formula is C13H14. The van der Waals surface area contributed by atoms with E-state index in [9.17, 15) is 0 Å². The Bertz CT molecular complexity index is 319. The van der Waals surface area contributed by atoms with Gasteiger partial charge in [0.05, 0.1) is 0 Å². The highest BCUT2D eigenvalue weighted by molar-refractivity contribution is 5.67. The van der Waals surface area contributed by atoms with E-state index in [0.717, 1.165) is 0 Å². The summed E-state index contributed by atoms with van der Waals surface area (Å²) in [6.45, 7) is 4.16. The van der Waals surface area contributed by atoms with Crippen LogP contribution in [0.4, 0.5) is 0 Å². The summed E-state index contributed by atoms with van der Waals surface area (Å²) >= 11 is 0. The lowest BCUT2D eigenvalue weighted by molar-refractivity contribution is 0.791. The fourth-order valence-electron chi connectivity index (χ4n) is 1.79. The molecule has 1 aromatic rings. The first-order valence-corrected chi connectivity index (χ1v) is 4.79. The Morgan fingerprint density at radius 1 is 1.23 bits per heavy atom. The normalized spacial score (nSPS) is 20.5. The van der Waals surface area contributed by atoms with Crippen molar-refractivity contribution in [2.75, 3.05) is 0 Å². The average Bonchev–Trinajstić information content (AvgIpc) is 2.71. The van der Waals surface area contributed by atoms with Crippen LogP contribution in [-0.2, 0) is 0 Å². The molecule has 1 aliphatic carbocycles. The van der Waals surface area contributed by atoms with Gasteiger partial charge in [-0.1, -0.05) is 49.1 Å². The van der Waals surface area contributed by atoms with E-state index >= 15 is 0 Å². The summed E-state index contributed by atoms with van der Waals surface area (Å²) in [5.74, 6) is 0.572. The van der Waals surface area contributed by atoms with E-state index in [-0.39, 0.29) is 0 Å². The molecule has 1 atom stereocenters. The van der Waals surface area contributed by atoms with Crippen molar-refractivity contribution in [2.24, 2.45) is 5.92 Å². The van der Waals surface area contributed by atoms with E-state index in [1.807, 2.05) is 6.07 Å². The van der Waals surface area contributed by atoms with Crippen LogP contribution < -0.4 is 0 Å². The second-order valence-corrected chi connectivity index (χ2v) is 3.50. The summed E-state index contributed by atoms with van der Waals surface area (Å²) in [4.78, 5) is 0. The number of allylic oxidation sites excluding steroid dienone is 3. The largest absolute Gasteiger partial charge is 0.0946 e. The van der Waals surface area contributed by atoms with Crippen molar-refractivity contribution < 1.29 is 0 Å². The van der Waals surface area contributed by atoms with Crippen LogP contribution >= 0.6 is 0 Å². The Morgan fingerprint density at radius 2 is 2.00 bits per heavy atom. The molecule has 0 aromatic heterocycles. The van der Waals surface area contributed by atoms with Gasteiger partial charge in [0.25, 0.3) is 0 Å². The molecule has 1 aromatic carbocycles. The predicted molar refractivity (Wildman–Crippen MR) is 57.3 cm³/mol. The fourth-order valence-corrected chi connectivity index (χ4v) is 1.79. The summed E-state index contributed by atoms with van der Waals surface area (Å²) in [6, 6.07) is 10.4. The molecule has 66 valence electrons. The van der Waals surface area contributed by atoms with Crippen LogP contribution in [0, 0.1) is 5.92 Å². The Balaban J connectivity index is 2.18. The molecule has 0 aliphatic heterocycles. The Morgan fingerprint density at radius 3 is 2.62 bits per heavy atom. The second kappa shape index (κ2) is 3.61. The van der Waals surface area contributed by atoms with Crippen LogP contribution in [0.3, 0.4) is 0 Å². The third-order valence-corrected chi connectivity index (χ3v) is 2.60. The Kier molecular flexibility index (Phi) is 2.31. The van der Waals surface area contributed by atoms with E-state index in [1.54, 1.807) is 0 Å². The average molecular weight is 170 g/mol. The van der Waals surface area contributed by atoms with Gasteiger partial charge in [-0.25, -0.2) is 0 Å². The van der Waals surface area contributed by atoms with Crippen molar-refractivity contribution in [3.63, 3.8) is 0 Å². The molecule has 1 aliphatic rings. The molecule has 0 fully saturated rings. The molecule has 0 saturated heterocycles. The van der Waals surface area contributed by atoms with Gasteiger partial charge in [0.2, 0.25) is 0 Å². The minimum absolute atomic E-state index is 0.572. The number of benzene rings is 1. The molecule has 0 heterocycles. The number of hydrogen-bond acceptors (Lipinski definition) is 0. The summed E-state index contributed by atoms with van der Waals surface area (Å²) in [7, 11) is 0. The molecule has 0 amide bonds. The summed E-state index contributed by atoms with van der Waals surface area (Å²) in [5, 5.41) is 0. The van der Waals surface area contributed by atoms with Gasteiger partial charge >= 0.3 is 0 Å². The monoisotopic (exact) mass is 170 g/mol. The molecule has 1 unspecified atom stereocenters. The maximum atomic E-state index is 4.16. The van der Waals surface area contributed by atoms with Crippen molar-refractivity contribution in [3.8, 4) is 0 Å². The topological polar surface area (TPSA) is 0 Å². The van der Waals surface area contributed by atoms with Crippen LogP contribution in [0.2, 0.25) is 0 Å². The molecule has 0 spiro atoms. The zero-order valence-corrected chi connectivity index (χ0v) is 7.74. The summed E-state index contributed by atoms with van der Waals surface area (Å²) in [5.41, 5.74) is 2.54. The van der Waals surface area contributed by atoms with Gasteiger partial charge in [-0.2, -0.15) is 0 Å². The van der Waals surface area contributed by atoms with Gasteiger partial charge in [-0.15, -0.1) is 0 Å². The Labute approximate surface area is 79.6 Å². The van der Waals surface area contributed by atoms with Gasteiger partial charge < -0.3 is 0 Å². The number of rotatable bonds is 2. The standard InChI is InChI=1S/C13H14/c1-11(13-9-5-6-10-13)12-7-3-2-4-8-12/h2-5,7-9,13H,1,6,10H2. The smallest absolute Gasteiger partial charge is 0.00209 e. The van der Waals surface area contributed by atoms with E-state index in [2.05, 4.69) is 43.0 Å². The highest BCUT2D eigenvalue weighted by Crippen LogP contribution is 2.30. The van der Waals surface area contributed by atoms with Gasteiger partial charge in [0.1, 0.15) is 0 Å². The molecule has 0 saturated carbocycles. The second-order valence-electron chi connectivity index (χ2n) is 3.50. The van der Waals surface area contributed by atoms with E-state index in [1.165, 1.54) is 24.0 Å². The quantitative estimate of drug-likeness (QED) is 0.594. The van der Waals surface area contributed by atoms with Crippen molar-refractivity contribution in [1.29, 1.82) is 0 Å². The Hall–Kier alpha value is -1.30. The lowest BCUT2D eigenvalue weighted by Gasteiger charge is -2.11. The van der Waals surface area contributed by atoms with Crippen LogP contribution in [0.5, 0.6) is 0 Å². The van der Waals surface area contributed by atoms with Crippen LogP contribution in [0.1, 0.15) is 18.4 Å². The fraction of sp³-hybridized carbons (Fsp3) is 0.231. The van der Waals surface area contributed by atoms with Crippen molar-refractivity contribution >= 4 is 5.57 Å². The lowest BCUT2D eigenvalue weighted by Crippen LogP contribution is -1.94. The van der Waals surface area contributed by atoms with E-state index in [4.69, 9.17) is 0 Å². The van der Waals surface area contributed by atoms with Crippen LogP contribution in [0.25, 0.3) is 5.57 Å². The third kappa shape index (κ3) is 1.72. The molecule has 2 rings (SSSR count). The minimum Gasteiger partial charge on any atom is -0.0946 e. The maximum absolute atomic E-state index is 4.16. The van der Waals surface area contributed by atoms with Crippen molar-refractivity contribution in [3.05, 3.63) is 54.6 Å². The lowest BCUT2D eigenvalue weighted by atomic mass is 9.94. The highest BCUT2D eigenvalue weighted by atomic mass is 14.2. The maximum Gasteiger partial charge on any atom is 0.00209 e. The molecule has 0 heteroatoms. The molecule has 0 nitrogen and oxygen atoms in total. The molecule has 13 heavy (non-hydrogen) atoms. The first-order valence-electron chi connectivity index (χ1n) is 4.79. The SMILES string of the molecule is C=C(c1ccccc1)C1C=CCC1. The van der Waals surface area contributed by atoms with E-state index in [0.29, 0.717) is 5.92 Å². The third-order valence-electron chi connectivity index (χ3n) is 2.60. The minimum atomic E-state index is 0.572.